The molecule has 0 radical (unpaired) electrons. The zero-order valence-corrected chi connectivity index (χ0v) is 17.5. The van der Waals surface area contributed by atoms with Gasteiger partial charge in [0.1, 0.15) is 0 Å². The normalized spacial score (nSPS) is 11.6. The first-order valence-corrected chi connectivity index (χ1v) is 15.4. The minimum absolute atomic E-state index is 0.371. The molecule has 128 valence electrons. The van der Waals surface area contributed by atoms with Gasteiger partial charge in [-0.15, -0.1) is 0 Å². The van der Waals surface area contributed by atoms with Crippen molar-refractivity contribution in [1.82, 2.24) is 0 Å². The quantitative estimate of drug-likeness (QED) is 0.363. The van der Waals surface area contributed by atoms with Crippen LogP contribution < -0.4 is 0 Å². The van der Waals surface area contributed by atoms with Crippen molar-refractivity contribution in [3.63, 3.8) is 0 Å². The molecule has 0 N–H and O–H groups in total. The van der Waals surface area contributed by atoms with Gasteiger partial charge in [0.25, 0.3) is 0 Å². The molecule has 0 atom stereocenters. The number of carbonyl (C=O) groups is 1. The van der Waals surface area contributed by atoms with E-state index in [0.717, 1.165) is 22.3 Å². The van der Waals surface area contributed by atoms with E-state index in [0.29, 0.717) is 31.0 Å². The summed E-state index contributed by atoms with van der Waals surface area (Å²) in [5.74, 6) is 6.44. The maximum atomic E-state index is 12.8. The van der Waals surface area contributed by atoms with E-state index >= 15 is 0 Å². The van der Waals surface area contributed by atoms with Crippen LogP contribution in [0.15, 0.2) is 18.7 Å². The summed E-state index contributed by atoms with van der Waals surface area (Å²) in [5, 5.41) is 0. The molecule has 1 rings (SSSR count). The van der Waals surface area contributed by atoms with Crippen molar-refractivity contribution in [2.24, 2.45) is 0 Å². The third-order valence-corrected chi connectivity index (χ3v) is 7.28. The maximum absolute atomic E-state index is 12.8. The van der Waals surface area contributed by atoms with Crippen LogP contribution in [-0.4, -0.2) is 37.7 Å². The van der Waals surface area contributed by atoms with Gasteiger partial charge in [-0.2, -0.15) is 0 Å². The van der Waals surface area contributed by atoms with Gasteiger partial charge >= 0.3 is 143 Å². The van der Waals surface area contributed by atoms with Gasteiger partial charge in [0.15, 0.2) is 0 Å². The van der Waals surface area contributed by atoms with E-state index < -0.39 is 13.3 Å². The van der Waals surface area contributed by atoms with Gasteiger partial charge in [-0.3, -0.25) is 0 Å². The van der Waals surface area contributed by atoms with Crippen LogP contribution >= 0.6 is 0 Å². The number of rotatable bonds is 9. The first kappa shape index (κ1) is 20.1. The van der Waals surface area contributed by atoms with Crippen LogP contribution in [0.5, 0.6) is 0 Å². The van der Waals surface area contributed by atoms with Crippen LogP contribution in [0.25, 0.3) is 0 Å². The summed E-state index contributed by atoms with van der Waals surface area (Å²) < 4.78 is 11.4. The molecule has 4 heteroatoms. The Morgan fingerprint density at radius 2 is 1.74 bits per heavy atom. The fourth-order valence-electron chi connectivity index (χ4n) is 2.63. The van der Waals surface area contributed by atoms with Crippen molar-refractivity contribution in [3.05, 3.63) is 46.5 Å². The van der Waals surface area contributed by atoms with E-state index in [2.05, 4.69) is 36.8 Å². The Hall–Kier alpha value is -0.907. The predicted octanol–water partition coefficient (Wildman–Crippen LogP) is 4.39. The third kappa shape index (κ3) is 5.59. The number of hydrogen-bond donors (Lipinski definition) is 0. The average Bonchev–Trinajstić information content (AvgIpc) is 2.44. The van der Waals surface area contributed by atoms with Crippen LogP contribution in [0.3, 0.4) is 0 Å². The van der Waals surface area contributed by atoms with E-state index in [-0.39, 0.29) is 0 Å². The van der Waals surface area contributed by atoms with Gasteiger partial charge in [-0.05, 0) is 0 Å². The summed E-state index contributed by atoms with van der Waals surface area (Å²) in [6, 6.07) is 2.11. The number of carbonyl (C=O) groups excluding carboxylic acids is 1. The van der Waals surface area contributed by atoms with Gasteiger partial charge in [0.05, 0.1) is 0 Å². The molecule has 1 aromatic rings. The van der Waals surface area contributed by atoms with Gasteiger partial charge in [-0.1, -0.05) is 0 Å². The molecule has 0 saturated carbocycles. The second-order valence-electron chi connectivity index (χ2n) is 6.98. The first-order chi connectivity index (χ1) is 10.7. The second-order valence-corrected chi connectivity index (χ2v) is 17.4. The molecule has 3 nitrogen and oxygen atoms in total. The van der Waals surface area contributed by atoms with Crippen molar-refractivity contribution in [2.75, 3.05) is 19.8 Å². The number of benzene rings is 1. The summed E-state index contributed by atoms with van der Waals surface area (Å²) in [4.78, 5) is 12.8. The molecule has 0 heterocycles. The summed E-state index contributed by atoms with van der Waals surface area (Å²) in [7, 11) is 0. The van der Waals surface area contributed by atoms with Crippen molar-refractivity contribution < 1.29 is 14.3 Å². The molecular formula is C19H30GeO3. The molecule has 0 spiro atoms. The summed E-state index contributed by atoms with van der Waals surface area (Å²) in [6.07, 6.45) is 1.73. The molecule has 0 saturated heterocycles. The zero-order valence-electron chi connectivity index (χ0n) is 15.4. The molecule has 1 aromatic carbocycles. The predicted molar refractivity (Wildman–Crippen MR) is 99.0 cm³/mol. The van der Waals surface area contributed by atoms with Gasteiger partial charge < -0.3 is 0 Å². The standard InChI is InChI=1S/C19H30GeO3/c1-8-9-22-10-11-23-13-17-14(2)12-15(3)18(16(17)4)19(21)20(5,6)7/h8,12H,1,9-11,13H2,2-7H3. The third-order valence-electron chi connectivity index (χ3n) is 3.89. The number of ether oxygens (including phenoxy) is 2. The van der Waals surface area contributed by atoms with E-state index in [4.69, 9.17) is 9.47 Å². The van der Waals surface area contributed by atoms with Gasteiger partial charge in [-0.25, -0.2) is 0 Å². The summed E-state index contributed by atoms with van der Waals surface area (Å²) in [5.41, 5.74) is 5.41. The topological polar surface area (TPSA) is 35.5 Å². The summed E-state index contributed by atoms with van der Waals surface area (Å²) >= 11 is -2.38. The van der Waals surface area contributed by atoms with E-state index in [9.17, 15) is 4.79 Å². The van der Waals surface area contributed by atoms with E-state index in [1.54, 1.807) is 6.08 Å². The molecule has 0 bridgehead atoms. The zero-order chi connectivity index (χ0) is 17.6. The van der Waals surface area contributed by atoms with Crippen LogP contribution in [0, 0.1) is 20.8 Å². The van der Waals surface area contributed by atoms with Gasteiger partial charge in [0, 0.05) is 0 Å². The average molecular weight is 379 g/mol. The molecule has 0 aliphatic carbocycles. The van der Waals surface area contributed by atoms with E-state index in [1.807, 2.05) is 13.8 Å². The molecule has 0 aliphatic rings. The Labute approximate surface area is 143 Å². The number of hydrogen-bond acceptors (Lipinski definition) is 3. The Balaban J connectivity index is 2.92. The first-order valence-electron chi connectivity index (χ1n) is 8.11. The minimum atomic E-state index is -2.38. The molecule has 0 aliphatic heterocycles. The Morgan fingerprint density at radius 3 is 2.30 bits per heavy atom. The second kappa shape index (κ2) is 8.81. The van der Waals surface area contributed by atoms with E-state index in [1.165, 1.54) is 5.56 Å². The molecule has 0 fully saturated rings. The van der Waals surface area contributed by atoms with Crippen molar-refractivity contribution in [1.29, 1.82) is 0 Å². The monoisotopic (exact) mass is 380 g/mol. The fraction of sp³-hybridized carbons (Fsp3) is 0.526. The van der Waals surface area contributed by atoms with Gasteiger partial charge in [0.2, 0.25) is 0 Å². The molecule has 23 heavy (non-hydrogen) atoms. The molecule has 0 amide bonds. The van der Waals surface area contributed by atoms with Crippen molar-refractivity contribution in [3.8, 4) is 0 Å². The molecule has 0 unspecified atom stereocenters. The van der Waals surface area contributed by atoms with Crippen LogP contribution in [-0.2, 0) is 16.1 Å². The fourth-order valence-corrected chi connectivity index (χ4v) is 5.01. The summed E-state index contributed by atoms with van der Waals surface area (Å²) in [6.45, 7) is 11.9. The Bertz CT molecular complexity index is 571. The Kier molecular flexibility index (Phi) is 7.71. The van der Waals surface area contributed by atoms with Crippen LogP contribution in [0.4, 0.5) is 0 Å². The van der Waals surface area contributed by atoms with Crippen LogP contribution in [0.2, 0.25) is 17.3 Å². The Morgan fingerprint density at radius 1 is 1.13 bits per heavy atom. The molecular weight excluding hydrogens is 349 g/mol. The van der Waals surface area contributed by atoms with Crippen LogP contribution in [0.1, 0.15) is 32.6 Å². The molecule has 0 aromatic heterocycles. The SMILES string of the molecule is C=CCOCCOCc1c(C)cc(C)c([C](=O)[Ge]([CH3])([CH3])[CH3])c1C. The van der Waals surface area contributed by atoms with Crippen molar-refractivity contribution >= 4 is 17.9 Å². The number of aryl methyl sites for hydroxylation is 2. The van der Waals surface area contributed by atoms with Crippen molar-refractivity contribution in [2.45, 2.75) is 44.6 Å².